The normalized spacial score (nSPS) is 14.2. The van der Waals surface area contributed by atoms with Crippen LogP contribution in [-0.4, -0.2) is 16.7 Å². The molecule has 0 aromatic heterocycles. The molecule has 0 saturated heterocycles. The van der Waals surface area contributed by atoms with Crippen LogP contribution in [0.5, 0.6) is 0 Å². The molecule has 3 aromatic carbocycles. The van der Waals surface area contributed by atoms with Crippen LogP contribution in [0, 0.1) is 0 Å². The van der Waals surface area contributed by atoms with Crippen molar-refractivity contribution in [1.82, 2.24) is 4.90 Å². The number of nitrogens with zero attached hydrogens (tertiary/aromatic N) is 1. The van der Waals surface area contributed by atoms with Gasteiger partial charge in [0.2, 0.25) is 0 Å². The first kappa shape index (κ1) is 21.8. The van der Waals surface area contributed by atoms with Crippen molar-refractivity contribution in [2.45, 2.75) is 46.1 Å². The van der Waals surface area contributed by atoms with Gasteiger partial charge in [0.05, 0.1) is 17.7 Å². The van der Waals surface area contributed by atoms with Crippen LogP contribution in [0.4, 0.5) is 0 Å². The van der Waals surface area contributed by atoms with E-state index >= 15 is 0 Å². The smallest absolute Gasteiger partial charge is 0.262 e. The SMILES string of the molecule is CC(C)c1ccccc1C1=C(c2ccccc2C(C)C)C(=O)N(Cc2ccccc2)C1=O. The first-order valence-corrected chi connectivity index (χ1v) is 11.2. The molecule has 162 valence electrons. The molecule has 0 N–H and O–H groups in total. The maximum Gasteiger partial charge on any atom is 0.262 e. The quantitative estimate of drug-likeness (QED) is 0.429. The fraction of sp³-hybridized carbons (Fsp3) is 0.241. The number of benzene rings is 3. The zero-order valence-corrected chi connectivity index (χ0v) is 19.1. The van der Waals surface area contributed by atoms with Gasteiger partial charge in [0.25, 0.3) is 11.8 Å². The van der Waals surface area contributed by atoms with Gasteiger partial charge in [0, 0.05) is 0 Å². The van der Waals surface area contributed by atoms with Gasteiger partial charge in [-0.2, -0.15) is 0 Å². The second-order valence-corrected chi connectivity index (χ2v) is 8.92. The van der Waals surface area contributed by atoms with Crippen LogP contribution in [0.25, 0.3) is 11.1 Å². The summed E-state index contributed by atoms with van der Waals surface area (Å²) in [4.78, 5) is 29.0. The molecule has 0 spiro atoms. The monoisotopic (exact) mass is 423 g/mol. The van der Waals surface area contributed by atoms with E-state index in [0.717, 1.165) is 27.8 Å². The summed E-state index contributed by atoms with van der Waals surface area (Å²) >= 11 is 0. The summed E-state index contributed by atoms with van der Waals surface area (Å²) in [7, 11) is 0. The lowest BCUT2D eigenvalue weighted by Crippen LogP contribution is -2.31. The van der Waals surface area contributed by atoms with Gasteiger partial charge in [-0.1, -0.05) is 107 Å². The summed E-state index contributed by atoms with van der Waals surface area (Å²) in [5.41, 5.74) is 5.82. The van der Waals surface area contributed by atoms with Crippen LogP contribution >= 0.6 is 0 Å². The molecule has 0 atom stereocenters. The predicted octanol–water partition coefficient (Wildman–Crippen LogP) is 6.41. The number of imide groups is 1. The van der Waals surface area contributed by atoms with Crippen LogP contribution in [0.3, 0.4) is 0 Å². The Balaban J connectivity index is 1.94. The molecule has 4 rings (SSSR count). The van der Waals surface area contributed by atoms with Crippen molar-refractivity contribution in [3.8, 4) is 0 Å². The minimum absolute atomic E-state index is 0.222. The summed E-state index contributed by atoms with van der Waals surface area (Å²) in [5, 5.41) is 0. The lowest BCUT2D eigenvalue weighted by molar-refractivity contribution is -0.136. The minimum Gasteiger partial charge on any atom is -0.270 e. The van der Waals surface area contributed by atoms with E-state index < -0.39 is 0 Å². The van der Waals surface area contributed by atoms with Crippen molar-refractivity contribution in [2.75, 3.05) is 0 Å². The van der Waals surface area contributed by atoms with E-state index in [1.54, 1.807) is 0 Å². The molecule has 0 bridgehead atoms. The van der Waals surface area contributed by atoms with Crippen molar-refractivity contribution >= 4 is 23.0 Å². The molecule has 3 nitrogen and oxygen atoms in total. The lowest BCUT2D eigenvalue weighted by atomic mass is 9.86. The first-order valence-electron chi connectivity index (χ1n) is 11.2. The van der Waals surface area contributed by atoms with Crippen molar-refractivity contribution in [1.29, 1.82) is 0 Å². The Morgan fingerprint density at radius 1 is 0.594 bits per heavy atom. The second-order valence-electron chi connectivity index (χ2n) is 8.92. The van der Waals surface area contributed by atoms with Gasteiger partial charge in [0.15, 0.2) is 0 Å². The molecule has 0 aliphatic carbocycles. The number of hydrogen-bond acceptors (Lipinski definition) is 2. The Kier molecular flexibility index (Phi) is 6.09. The molecule has 1 aliphatic heterocycles. The van der Waals surface area contributed by atoms with E-state index in [1.165, 1.54) is 4.90 Å². The highest BCUT2D eigenvalue weighted by Crippen LogP contribution is 2.41. The minimum atomic E-state index is -0.222. The van der Waals surface area contributed by atoms with E-state index in [0.29, 0.717) is 11.1 Å². The van der Waals surface area contributed by atoms with Crippen LogP contribution in [0.1, 0.15) is 67.3 Å². The zero-order chi connectivity index (χ0) is 22.8. The maximum absolute atomic E-state index is 13.8. The third-order valence-electron chi connectivity index (χ3n) is 6.06. The van der Waals surface area contributed by atoms with Crippen LogP contribution in [0.15, 0.2) is 78.9 Å². The van der Waals surface area contributed by atoms with Gasteiger partial charge in [0.1, 0.15) is 0 Å². The molecule has 0 saturated carbocycles. The molecule has 3 aromatic rings. The molecule has 0 unspecified atom stereocenters. The first-order chi connectivity index (χ1) is 15.4. The zero-order valence-electron chi connectivity index (χ0n) is 19.1. The van der Waals surface area contributed by atoms with Gasteiger partial charge >= 0.3 is 0 Å². The van der Waals surface area contributed by atoms with Crippen LogP contribution in [-0.2, 0) is 16.1 Å². The average molecular weight is 424 g/mol. The number of amides is 2. The summed E-state index contributed by atoms with van der Waals surface area (Å²) in [6, 6.07) is 25.6. The third kappa shape index (κ3) is 3.91. The van der Waals surface area contributed by atoms with Gasteiger partial charge < -0.3 is 0 Å². The highest BCUT2D eigenvalue weighted by atomic mass is 16.2. The Morgan fingerprint density at radius 3 is 1.44 bits per heavy atom. The summed E-state index contributed by atoms with van der Waals surface area (Å²) in [6.07, 6.45) is 0. The maximum atomic E-state index is 13.8. The van der Waals surface area contributed by atoms with E-state index in [-0.39, 0.29) is 30.2 Å². The second kappa shape index (κ2) is 8.96. The molecular formula is C29H29NO2. The Morgan fingerprint density at radius 2 is 1.00 bits per heavy atom. The molecule has 0 fully saturated rings. The molecule has 2 amide bonds. The van der Waals surface area contributed by atoms with E-state index in [9.17, 15) is 9.59 Å². The van der Waals surface area contributed by atoms with Crippen molar-refractivity contribution in [3.05, 3.63) is 107 Å². The average Bonchev–Trinajstić information content (AvgIpc) is 3.04. The Hall–Kier alpha value is -3.46. The largest absolute Gasteiger partial charge is 0.270 e. The molecule has 1 aliphatic rings. The van der Waals surface area contributed by atoms with Crippen LogP contribution in [0.2, 0.25) is 0 Å². The van der Waals surface area contributed by atoms with Crippen molar-refractivity contribution in [2.24, 2.45) is 0 Å². The number of carbonyl (C=O) groups is 2. The predicted molar refractivity (Wildman–Crippen MR) is 130 cm³/mol. The van der Waals surface area contributed by atoms with Crippen LogP contribution < -0.4 is 0 Å². The summed E-state index contributed by atoms with van der Waals surface area (Å²) in [6.45, 7) is 8.72. The van der Waals surface area contributed by atoms with Gasteiger partial charge in [-0.25, -0.2) is 0 Å². The lowest BCUT2D eigenvalue weighted by Gasteiger charge is -2.17. The van der Waals surface area contributed by atoms with Gasteiger partial charge in [-0.05, 0) is 39.7 Å². The highest BCUT2D eigenvalue weighted by molar-refractivity contribution is 6.49. The Bertz CT molecular complexity index is 1120. The molecule has 1 heterocycles. The molecule has 3 heteroatoms. The van der Waals surface area contributed by atoms with Gasteiger partial charge in [-0.15, -0.1) is 0 Å². The fourth-order valence-corrected chi connectivity index (χ4v) is 4.44. The third-order valence-corrected chi connectivity index (χ3v) is 6.06. The number of hydrogen-bond donors (Lipinski definition) is 0. The molecular weight excluding hydrogens is 394 g/mol. The van der Waals surface area contributed by atoms with E-state index in [2.05, 4.69) is 39.8 Å². The summed E-state index contributed by atoms with van der Waals surface area (Å²) < 4.78 is 0. The standard InChI is InChI=1S/C29H29NO2/c1-19(2)22-14-8-10-16-24(22)26-27(25-17-11-9-15-23(25)20(3)4)29(32)30(28(26)31)18-21-12-6-5-7-13-21/h5-17,19-20H,18H2,1-4H3. The van der Waals surface area contributed by atoms with Crippen molar-refractivity contribution in [3.63, 3.8) is 0 Å². The fourth-order valence-electron chi connectivity index (χ4n) is 4.44. The summed E-state index contributed by atoms with van der Waals surface area (Å²) in [5.74, 6) is 0.0127. The van der Waals surface area contributed by atoms with E-state index in [4.69, 9.17) is 0 Å². The highest BCUT2D eigenvalue weighted by Gasteiger charge is 2.41. The van der Waals surface area contributed by atoms with Crippen molar-refractivity contribution < 1.29 is 9.59 Å². The number of rotatable bonds is 6. The van der Waals surface area contributed by atoms with E-state index in [1.807, 2.05) is 66.7 Å². The number of carbonyl (C=O) groups excluding carboxylic acids is 2. The van der Waals surface area contributed by atoms with Gasteiger partial charge in [-0.3, -0.25) is 14.5 Å². The Labute approximate surface area is 190 Å². The topological polar surface area (TPSA) is 37.4 Å². The molecule has 0 radical (unpaired) electrons. The molecule has 32 heavy (non-hydrogen) atoms.